The van der Waals surface area contributed by atoms with Crippen molar-refractivity contribution in [2.45, 2.75) is 33.6 Å². The summed E-state index contributed by atoms with van der Waals surface area (Å²) in [7, 11) is 1.46. The molecule has 0 aromatic rings. The summed E-state index contributed by atoms with van der Waals surface area (Å²) in [6.07, 6.45) is 0.357. The smallest absolute Gasteiger partial charge is 0.232 e. The van der Waals surface area contributed by atoms with Crippen molar-refractivity contribution in [1.82, 2.24) is 4.90 Å². The third-order valence-electron chi connectivity index (χ3n) is 2.74. The number of hydrogen-bond donors (Lipinski definition) is 0. The van der Waals surface area contributed by atoms with Gasteiger partial charge in [-0.2, -0.15) is 0 Å². The molecule has 0 N–H and O–H groups in total. The maximum Gasteiger partial charge on any atom is 0.232 e. The Kier molecular flexibility index (Phi) is 2.98. The van der Waals surface area contributed by atoms with E-state index in [1.165, 1.54) is 7.05 Å². The fraction of sp³-hybridized carbons (Fsp3) is 0.727. The second-order valence-electron chi connectivity index (χ2n) is 5.07. The zero-order valence-electron chi connectivity index (χ0n) is 9.66. The number of Topliss-reactive ketones (excluding diaryl/α,β-unsaturated/α-hetero) is 1. The molecule has 0 bridgehead atoms. The second kappa shape index (κ2) is 3.76. The van der Waals surface area contributed by atoms with Crippen molar-refractivity contribution >= 4 is 17.6 Å². The van der Waals surface area contributed by atoms with E-state index in [1.807, 2.05) is 20.8 Å². The first kappa shape index (κ1) is 11.9. The van der Waals surface area contributed by atoms with Gasteiger partial charge in [-0.3, -0.25) is 19.3 Å². The largest absolute Gasteiger partial charge is 0.299 e. The van der Waals surface area contributed by atoms with Crippen LogP contribution in [0.1, 0.15) is 33.6 Å². The van der Waals surface area contributed by atoms with E-state index in [4.69, 9.17) is 0 Å². The van der Waals surface area contributed by atoms with Crippen molar-refractivity contribution in [3.8, 4) is 0 Å². The van der Waals surface area contributed by atoms with Gasteiger partial charge in [0.2, 0.25) is 11.8 Å². The highest BCUT2D eigenvalue weighted by atomic mass is 16.2. The summed E-state index contributed by atoms with van der Waals surface area (Å²) < 4.78 is 0. The van der Waals surface area contributed by atoms with Crippen LogP contribution in [0.3, 0.4) is 0 Å². The molecule has 1 aliphatic heterocycles. The fourth-order valence-corrected chi connectivity index (χ4v) is 1.52. The number of amides is 2. The maximum absolute atomic E-state index is 11.7. The molecule has 0 saturated carbocycles. The molecule has 0 aliphatic carbocycles. The lowest BCUT2D eigenvalue weighted by molar-refractivity contribution is -0.139. The van der Waals surface area contributed by atoms with Crippen LogP contribution in [0.5, 0.6) is 0 Å². The Bertz CT molecular complexity index is 314. The van der Waals surface area contributed by atoms with Gasteiger partial charge in [0.05, 0.1) is 5.92 Å². The van der Waals surface area contributed by atoms with E-state index in [0.29, 0.717) is 0 Å². The molecule has 0 spiro atoms. The molecule has 0 radical (unpaired) electrons. The van der Waals surface area contributed by atoms with E-state index in [9.17, 15) is 14.4 Å². The maximum atomic E-state index is 11.7. The molecule has 1 saturated heterocycles. The van der Waals surface area contributed by atoms with Crippen LogP contribution in [0.2, 0.25) is 0 Å². The van der Waals surface area contributed by atoms with E-state index in [0.717, 1.165) is 4.90 Å². The normalized spacial score (nSPS) is 22.4. The summed E-state index contributed by atoms with van der Waals surface area (Å²) in [5, 5.41) is 0. The van der Waals surface area contributed by atoms with Crippen LogP contribution in [0.4, 0.5) is 0 Å². The Hall–Kier alpha value is -1.19. The molecule has 84 valence electrons. The predicted molar refractivity (Wildman–Crippen MR) is 55.0 cm³/mol. The first-order valence-corrected chi connectivity index (χ1v) is 5.07. The third kappa shape index (κ3) is 2.43. The van der Waals surface area contributed by atoms with Crippen LogP contribution in [-0.4, -0.2) is 29.5 Å². The number of likely N-dealkylation sites (tertiary alicyclic amines) is 1. The number of ketones is 1. The number of hydrogen-bond acceptors (Lipinski definition) is 3. The molecular weight excluding hydrogens is 194 g/mol. The summed E-state index contributed by atoms with van der Waals surface area (Å²) in [5.41, 5.74) is -0.440. The lowest BCUT2D eigenvalue weighted by atomic mass is 9.85. The summed E-state index contributed by atoms with van der Waals surface area (Å²) in [6, 6.07) is 0. The lowest BCUT2D eigenvalue weighted by Crippen LogP contribution is -2.28. The van der Waals surface area contributed by atoms with E-state index in [2.05, 4.69) is 0 Å². The average molecular weight is 211 g/mol. The van der Waals surface area contributed by atoms with Crippen LogP contribution in [0, 0.1) is 11.3 Å². The van der Waals surface area contributed by atoms with Crippen molar-refractivity contribution in [3.63, 3.8) is 0 Å². The molecule has 2 amide bonds. The molecular formula is C11H17NO3. The van der Waals surface area contributed by atoms with Gasteiger partial charge >= 0.3 is 0 Å². The SMILES string of the molecule is CN1C(=O)CC(CC(=O)C(C)(C)C)C1=O. The molecule has 1 atom stereocenters. The quantitative estimate of drug-likeness (QED) is 0.640. The van der Waals surface area contributed by atoms with E-state index in [1.54, 1.807) is 0 Å². The van der Waals surface area contributed by atoms with Gasteiger partial charge in [-0.15, -0.1) is 0 Å². The molecule has 1 fully saturated rings. The Morgan fingerprint density at radius 3 is 2.27 bits per heavy atom. The number of carbonyl (C=O) groups excluding carboxylic acids is 3. The fourth-order valence-electron chi connectivity index (χ4n) is 1.52. The summed E-state index contributed by atoms with van der Waals surface area (Å²) in [5.74, 6) is -0.817. The molecule has 1 rings (SSSR count). The highest BCUT2D eigenvalue weighted by Crippen LogP contribution is 2.26. The number of rotatable bonds is 2. The van der Waals surface area contributed by atoms with Crippen molar-refractivity contribution in [3.05, 3.63) is 0 Å². The van der Waals surface area contributed by atoms with Crippen LogP contribution in [0.25, 0.3) is 0 Å². The second-order valence-corrected chi connectivity index (χ2v) is 5.07. The standard InChI is InChI=1S/C11H17NO3/c1-11(2,3)8(13)5-7-6-9(14)12(4)10(7)15/h7H,5-6H2,1-4H3. The molecule has 0 aromatic heterocycles. The van der Waals surface area contributed by atoms with Crippen LogP contribution in [-0.2, 0) is 14.4 Å². The minimum Gasteiger partial charge on any atom is -0.299 e. The lowest BCUT2D eigenvalue weighted by Gasteiger charge is -2.18. The van der Waals surface area contributed by atoms with E-state index < -0.39 is 11.3 Å². The van der Waals surface area contributed by atoms with Gasteiger partial charge in [0, 0.05) is 25.3 Å². The molecule has 4 heteroatoms. The Morgan fingerprint density at radius 1 is 1.40 bits per heavy atom. The van der Waals surface area contributed by atoms with E-state index in [-0.39, 0.29) is 30.4 Å². The summed E-state index contributed by atoms with van der Waals surface area (Å²) in [4.78, 5) is 35.6. The van der Waals surface area contributed by atoms with Crippen LogP contribution < -0.4 is 0 Å². The molecule has 1 unspecified atom stereocenters. The molecule has 15 heavy (non-hydrogen) atoms. The van der Waals surface area contributed by atoms with Crippen LogP contribution >= 0.6 is 0 Å². The van der Waals surface area contributed by atoms with Crippen molar-refractivity contribution in [1.29, 1.82) is 0 Å². The molecule has 4 nitrogen and oxygen atoms in total. The first-order valence-electron chi connectivity index (χ1n) is 5.07. The van der Waals surface area contributed by atoms with Gasteiger partial charge in [0.15, 0.2) is 0 Å². The van der Waals surface area contributed by atoms with Gasteiger partial charge in [-0.1, -0.05) is 20.8 Å². The number of imide groups is 1. The summed E-state index contributed by atoms with van der Waals surface area (Å²) in [6.45, 7) is 5.46. The number of nitrogens with zero attached hydrogens (tertiary/aromatic N) is 1. The monoisotopic (exact) mass is 211 g/mol. The van der Waals surface area contributed by atoms with Crippen molar-refractivity contribution in [2.24, 2.45) is 11.3 Å². The number of carbonyl (C=O) groups is 3. The topological polar surface area (TPSA) is 54.5 Å². The van der Waals surface area contributed by atoms with Crippen molar-refractivity contribution in [2.75, 3.05) is 7.05 Å². The minimum atomic E-state index is -0.440. The van der Waals surface area contributed by atoms with Crippen LogP contribution in [0.15, 0.2) is 0 Å². The molecule has 0 aromatic carbocycles. The Morgan fingerprint density at radius 2 is 1.93 bits per heavy atom. The highest BCUT2D eigenvalue weighted by molar-refractivity contribution is 6.05. The van der Waals surface area contributed by atoms with Gasteiger partial charge in [-0.05, 0) is 0 Å². The molecule has 1 heterocycles. The zero-order valence-corrected chi connectivity index (χ0v) is 9.66. The highest BCUT2D eigenvalue weighted by Gasteiger charge is 2.38. The van der Waals surface area contributed by atoms with E-state index >= 15 is 0 Å². The minimum absolute atomic E-state index is 0.0314. The first-order chi connectivity index (χ1) is 6.73. The Labute approximate surface area is 89.6 Å². The average Bonchev–Trinajstić information content (AvgIpc) is 2.32. The van der Waals surface area contributed by atoms with Gasteiger partial charge < -0.3 is 0 Å². The summed E-state index contributed by atoms with van der Waals surface area (Å²) >= 11 is 0. The Balaban J connectivity index is 2.66. The van der Waals surface area contributed by atoms with Gasteiger partial charge in [0.25, 0.3) is 0 Å². The van der Waals surface area contributed by atoms with Gasteiger partial charge in [-0.25, -0.2) is 0 Å². The third-order valence-corrected chi connectivity index (χ3v) is 2.74. The predicted octanol–water partition coefficient (Wildman–Crippen LogP) is 0.997. The van der Waals surface area contributed by atoms with Gasteiger partial charge in [0.1, 0.15) is 5.78 Å². The van der Waals surface area contributed by atoms with Crippen molar-refractivity contribution < 1.29 is 14.4 Å². The zero-order chi connectivity index (χ0) is 11.8. The molecule has 1 aliphatic rings.